The van der Waals surface area contributed by atoms with Crippen LogP contribution >= 0.6 is 22.6 Å². The summed E-state index contributed by atoms with van der Waals surface area (Å²) < 4.78 is 1.33. The highest BCUT2D eigenvalue weighted by Crippen LogP contribution is 2.40. The second-order valence-corrected chi connectivity index (χ2v) is 8.89. The van der Waals surface area contributed by atoms with Crippen molar-refractivity contribution < 1.29 is 0 Å². The van der Waals surface area contributed by atoms with Gasteiger partial charge in [0, 0.05) is 9.50 Å². The summed E-state index contributed by atoms with van der Waals surface area (Å²) in [6, 6.07) is 0. The molecule has 0 aromatic heterocycles. The van der Waals surface area contributed by atoms with Crippen molar-refractivity contribution in [2.45, 2.75) is 53.4 Å². The van der Waals surface area contributed by atoms with Crippen LogP contribution in [0.1, 0.15) is 53.4 Å². The first-order chi connectivity index (χ1) is 13.1. The van der Waals surface area contributed by atoms with Gasteiger partial charge in [-0.25, -0.2) is 0 Å². The lowest BCUT2D eigenvalue weighted by Gasteiger charge is -2.29. The highest BCUT2D eigenvalue weighted by atomic mass is 127. The molecule has 2 atom stereocenters. The Morgan fingerprint density at radius 2 is 2.04 bits per heavy atom. The molecule has 3 aliphatic rings. The third-order valence-electron chi connectivity index (χ3n) is 6.08. The molecular weight excluding hydrogens is 439 g/mol. The first-order valence-electron chi connectivity index (χ1n) is 10.2. The molecule has 0 fully saturated rings. The summed E-state index contributed by atoms with van der Waals surface area (Å²) in [6.45, 7) is 9.00. The zero-order chi connectivity index (χ0) is 19.4. The Bertz CT molecular complexity index is 833. The van der Waals surface area contributed by atoms with E-state index in [9.17, 15) is 0 Å². The quantitative estimate of drug-likeness (QED) is 0.362. The van der Waals surface area contributed by atoms with E-state index in [1.807, 2.05) is 0 Å². The standard InChI is InChI=1S/C26H31I/c1-5-8-20-9-10-21(18(4)26(20)7-3)15-19(6-2)22-11-12-24-17-25(27)14-13-23(24)16-22/h5-6,8,11-15,17-18,23H,7,9-10,16H2,1-4H3/b8-5-,19-6+,21-15-. The van der Waals surface area contributed by atoms with Gasteiger partial charge < -0.3 is 0 Å². The van der Waals surface area contributed by atoms with Crippen molar-refractivity contribution in [3.63, 3.8) is 0 Å². The van der Waals surface area contributed by atoms with Crippen molar-refractivity contribution in [3.8, 4) is 0 Å². The molecule has 0 saturated heterocycles. The summed E-state index contributed by atoms with van der Waals surface area (Å²) in [5.41, 5.74) is 9.11. The summed E-state index contributed by atoms with van der Waals surface area (Å²) in [7, 11) is 0. The molecule has 2 unspecified atom stereocenters. The number of hydrogen-bond donors (Lipinski definition) is 0. The van der Waals surface area contributed by atoms with Crippen LogP contribution in [-0.2, 0) is 0 Å². The van der Waals surface area contributed by atoms with Crippen LogP contribution in [0.5, 0.6) is 0 Å². The van der Waals surface area contributed by atoms with E-state index in [-0.39, 0.29) is 0 Å². The maximum absolute atomic E-state index is 2.49. The first kappa shape index (κ1) is 20.4. The smallest absolute Gasteiger partial charge is 0.0130 e. The van der Waals surface area contributed by atoms with Gasteiger partial charge in [0.25, 0.3) is 0 Å². The molecule has 27 heavy (non-hydrogen) atoms. The second kappa shape index (κ2) is 9.23. The predicted octanol–water partition coefficient (Wildman–Crippen LogP) is 8.33. The van der Waals surface area contributed by atoms with Crippen LogP contribution in [0.2, 0.25) is 0 Å². The molecule has 0 spiro atoms. The lowest BCUT2D eigenvalue weighted by atomic mass is 9.76. The summed E-state index contributed by atoms with van der Waals surface area (Å²) in [6.07, 6.45) is 25.5. The molecule has 0 saturated carbocycles. The Morgan fingerprint density at radius 3 is 2.74 bits per heavy atom. The maximum Gasteiger partial charge on any atom is 0.0130 e. The van der Waals surface area contributed by atoms with Gasteiger partial charge in [-0.1, -0.05) is 73.6 Å². The lowest BCUT2D eigenvalue weighted by Crippen LogP contribution is -2.13. The van der Waals surface area contributed by atoms with Crippen LogP contribution in [-0.4, -0.2) is 0 Å². The average Bonchev–Trinajstić information content (AvgIpc) is 2.67. The number of allylic oxidation sites excluding steroid dienone is 16. The number of hydrogen-bond acceptors (Lipinski definition) is 0. The molecule has 0 nitrogen and oxygen atoms in total. The molecule has 0 amide bonds. The maximum atomic E-state index is 2.49. The van der Waals surface area contributed by atoms with Crippen LogP contribution in [0, 0.1) is 11.8 Å². The van der Waals surface area contributed by atoms with Gasteiger partial charge in [0.1, 0.15) is 0 Å². The predicted molar refractivity (Wildman–Crippen MR) is 128 cm³/mol. The van der Waals surface area contributed by atoms with Crippen LogP contribution in [0.3, 0.4) is 0 Å². The van der Waals surface area contributed by atoms with Crippen LogP contribution < -0.4 is 0 Å². The summed E-state index contributed by atoms with van der Waals surface area (Å²) in [5, 5.41) is 0. The number of halogens is 1. The van der Waals surface area contributed by atoms with Crippen LogP contribution in [0.25, 0.3) is 0 Å². The zero-order valence-corrected chi connectivity index (χ0v) is 19.2. The van der Waals surface area contributed by atoms with E-state index in [1.165, 1.54) is 33.1 Å². The fraction of sp³-hybridized carbons (Fsp3) is 0.385. The van der Waals surface area contributed by atoms with Crippen molar-refractivity contribution in [1.82, 2.24) is 0 Å². The van der Waals surface area contributed by atoms with E-state index in [0.717, 1.165) is 12.8 Å². The molecule has 3 rings (SSSR count). The van der Waals surface area contributed by atoms with Gasteiger partial charge in [-0.3, -0.25) is 0 Å². The highest BCUT2D eigenvalue weighted by Gasteiger charge is 2.23. The van der Waals surface area contributed by atoms with Crippen molar-refractivity contribution >= 4 is 22.6 Å². The highest BCUT2D eigenvalue weighted by molar-refractivity contribution is 14.1. The van der Waals surface area contributed by atoms with E-state index in [1.54, 1.807) is 16.7 Å². The normalized spacial score (nSPS) is 27.7. The first-order valence-corrected chi connectivity index (χ1v) is 11.3. The molecule has 1 heteroatoms. The Kier molecular flexibility index (Phi) is 6.97. The number of rotatable bonds is 4. The largest absolute Gasteiger partial charge is 0.0874 e. The molecule has 0 aromatic rings. The SMILES string of the molecule is C/C=C\C1=C(CC)C(C)/C(=C\C(=C/C)C2=CC=C3C=C(I)C=CC3C2)CC1. The Hall–Kier alpha value is -1.35. The van der Waals surface area contributed by atoms with E-state index in [2.05, 4.69) is 105 Å². The Labute approximate surface area is 179 Å². The average molecular weight is 470 g/mol. The lowest BCUT2D eigenvalue weighted by molar-refractivity contribution is 0.657. The van der Waals surface area contributed by atoms with Crippen LogP contribution in [0.4, 0.5) is 0 Å². The molecule has 142 valence electrons. The monoisotopic (exact) mass is 470 g/mol. The van der Waals surface area contributed by atoms with Gasteiger partial charge in [0.15, 0.2) is 0 Å². The second-order valence-electron chi connectivity index (χ2n) is 7.65. The summed E-state index contributed by atoms with van der Waals surface area (Å²) in [5.74, 6) is 1.09. The third kappa shape index (κ3) is 4.56. The minimum Gasteiger partial charge on any atom is -0.0874 e. The van der Waals surface area contributed by atoms with Crippen molar-refractivity contribution in [2.75, 3.05) is 0 Å². The van der Waals surface area contributed by atoms with E-state index < -0.39 is 0 Å². The van der Waals surface area contributed by atoms with Gasteiger partial charge >= 0.3 is 0 Å². The molecule has 0 aromatic carbocycles. The minimum atomic E-state index is 0.535. The molecule has 0 heterocycles. The molecule has 0 N–H and O–H groups in total. The van der Waals surface area contributed by atoms with Gasteiger partial charge in [0.2, 0.25) is 0 Å². The Morgan fingerprint density at radius 1 is 1.22 bits per heavy atom. The topological polar surface area (TPSA) is 0 Å². The van der Waals surface area contributed by atoms with Gasteiger partial charge in [-0.05, 0) is 96.4 Å². The van der Waals surface area contributed by atoms with Gasteiger partial charge in [0.05, 0.1) is 0 Å². The van der Waals surface area contributed by atoms with Crippen molar-refractivity contribution in [1.29, 1.82) is 0 Å². The van der Waals surface area contributed by atoms with E-state index >= 15 is 0 Å². The van der Waals surface area contributed by atoms with Gasteiger partial charge in [-0.15, -0.1) is 0 Å². The fourth-order valence-electron chi connectivity index (χ4n) is 4.55. The molecule has 0 aliphatic heterocycles. The summed E-state index contributed by atoms with van der Waals surface area (Å²) in [4.78, 5) is 0. The molecule has 0 radical (unpaired) electrons. The van der Waals surface area contributed by atoms with Crippen molar-refractivity contribution in [3.05, 3.63) is 91.7 Å². The minimum absolute atomic E-state index is 0.535. The van der Waals surface area contributed by atoms with Gasteiger partial charge in [-0.2, -0.15) is 0 Å². The summed E-state index contributed by atoms with van der Waals surface area (Å²) >= 11 is 2.41. The van der Waals surface area contributed by atoms with E-state index in [4.69, 9.17) is 0 Å². The zero-order valence-electron chi connectivity index (χ0n) is 17.1. The Balaban J connectivity index is 1.87. The molecule has 3 aliphatic carbocycles. The van der Waals surface area contributed by atoms with E-state index in [0.29, 0.717) is 11.8 Å². The molecule has 0 bridgehead atoms. The molecular formula is C26H31I. The third-order valence-corrected chi connectivity index (χ3v) is 6.75. The van der Waals surface area contributed by atoms with Crippen molar-refractivity contribution in [2.24, 2.45) is 11.8 Å². The van der Waals surface area contributed by atoms with Crippen LogP contribution in [0.15, 0.2) is 91.7 Å². The fourth-order valence-corrected chi connectivity index (χ4v) is 5.12. The number of fused-ring (bicyclic) bond motifs is 1.